The topological polar surface area (TPSA) is 67.0 Å². The maximum Gasteiger partial charge on any atom is 0.191 e. The predicted octanol–water partition coefficient (Wildman–Crippen LogP) is 4.99. The Labute approximate surface area is 155 Å². The third kappa shape index (κ3) is 3.11. The van der Waals surface area contributed by atoms with Crippen molar-refractivity contribution in [2.45, 2.75) is 10.1 Å². The largest absolute Gasteiger partial charge is 0.351 e. The molecule has 1 unspecified atom stereocenters. The second kappa shape index (κ2) is 6.67. The maximum atomic E-state index is 13.3. The van der Waals surface area contributed by atoms with E-state index in [-0.39, 0.29) is 10.6 Å². The van der Waals surface area contributed by atoms with E-state index in [2.05, 4.69) is 11.6 Å². The van der Waals surface area contributed by atoms with Crippen molar-refractivity contribution in [2.75, 3.05) is 0 Å². The molecule has 2 aromatic carbocycles. The summed E-state index contributed by atoms with van der Waals surface area (Å²) in [5.74, 6) is 0. The van der Waals surface area contributed by atoms with Crippen LogP contribution < -0.4 is 0 Å². The molecule has 1 atom stereocenters. The molecule has 7 heteroatoms. The van der Waals surface area contributed by atoms with Gasteiger partial charge in [0.15, 0.2) is 16.1 Å². The van der Waals surface area contributed by atoms with Crippen LogP contribution in [0.25, 0.3) is 10.9 Å². The van der Waals surface area contributed by atoms with Gasteiger partial charge in [-0.05, 0) is 35.9 Å². The first-order valence-electron chi connectivity index (χ1n) is 7.27. The van der Waals surface area contributed by atoms with Gasteiger partial charge >= 0.3 is 0 Å². The number of aromatic amines is 1. The fourth-order valence-corrected chi connectivity index (χ4v) is 4.97. The van der Waals surface area contributed by atoms with Gasteiger partial charge in [-0.3, -0.25) is 4.79 Å². The summed E-state index contributed by atoms with van der Waals surface area (Å²) in [6, 6.07) is 11.2. The molecule has 0 saturated heterocycles. The highest BCUT2D eigenvalue weighted by Crippen LogP contribution is 2.37. The molecule has 4 nitrogen and oxygen atoms in total. The minimum absolute atomic E-state index is 0.0157. The summed E-state index contributed by atoms with van der Waals surface area (Å²) in [6.45, 7) is 3.65. The zero-order valence-electron chi connectivity index (χ0n) is 12.9. The number of aromatic nitrogens is 1. The molecular weight excluding hydrogens is 381 g/mol. The Kier molecular flexibility index (Phi) is 4.73. The average Bonchev–Trinajstić information content (AvgIpc) is 2.95. The number of rotatable bonds is 5. The number of halogens is 2. The lowest BCUT2D eigenvalue weighted by Gasteiger charge is -2.14. The van der Waals surface area contributed by atoms with Crippen LogP contribution in [-0.2, 0) is 9.84 Å². The first kappa shape index (κ1) is 17.7. The number of H-pyrrole nitrogens is 1. The van der Waals surface area contributed by atoms with Crippen LogP contribution in [0.3, 0.4) is 0 Å². The number of carbonyl (C=O) groups excluding carboxylic acids is 1. The first-order valence-corrected chi connectivity index (χ1v) is 9.57. The molecule has 0 spiro atoms. The highest BCUT2D eigenvalue weighted by molar-refractivity contribution is 7.92. The number of hydrogen-bond acceptors (Lipinski definition) is 3. The molecule has 3 rings (SSSR count). The maximum absolute atomic E-state index is 13.3. The molecule has 3 aromatic rings. The molecule has 0 fully saturated rings. The minimum atomic E-state index is -3.94. The third-order valence-corrected chi connectivity index (χ3v) is 6.52. The quantitative estimate of drug-likeness (QED) is 0.490. The molecule has 0 saturated carbocycles. The lowest BCUT2D eigenvalue weighted by Crippen LogP contribution is -2.13. The van der Waals surface area contributed by atoms with Crippen LogP contribution in [0.2, 0.25) is 10.0 Å². The molecule has 1 heterocycles. The smallest absolute Gasteiger partial charge is 0.191 e. The number of fused-ring (bicyclic) bond motifs is 1. The highest BCUT2D eigenvalue weighted by Gasteiger charge is 2.32. The predicted molar refractivity (Wildman–Crippen MR) is 100 cm³/mol. The standard InChI is InChI=1S/C18H13Cl2NO3S/c1-2-17(11-3-5-12(19)6-4-11)25(23,24)18-14-9-13(20)7-8-15(14)21-16(18)10-22/h2-10,17,21H,1H2. The van der Waals surface area contributed by atoms with Crippen molar-refractivity contribution in [2.24, 2.45) is 0 Å². The summed E-state index contributed by atoms with van der Waals surface area (Å²) in [4.78, 5) is 14.2. The number of sulfone groups is 1. The fraction of sp³-hybridized carbons (Fsp3) is 0.0556. The van der Waals surface area contributed by atoms with Gasteiger partial charge in [0.05, 0.1) is 5.69 Å². The van der Waals surface area contributed by atoms with Gasteiger partial charge in [0, 0.05) is 20.9 Å². The van der Waals surface area contributed by atoms with E-state index in [4.69, 9.17) is 23.2 Å². The fourth-order valence-electron chi connectivity index (χ4n) is 2.77. The molecule has 0 aliphatic carbocycles. The van der Waals surface area contributed by atoms with E-state index in [1.165, 1.54) is 12.1 Å². The van der Waals surface area contributed by atoms with Gasteiger partial charge in [-0.15, -0.1) is 6.58 Å². The van der Waals surface area contributed by atoms with Gasteiger partial charge in [0.25, 0.3) is 0 Å². The van der Waals surface area contributed by atoms with Crippen molar-refractivity contribution in [3.8, 4) is 0 Å². The minimum Gasteiger partial charge on any atom is -0.351 e. The molecule has 0 aliphatic heterocycles. The molecule has 0 aliphatic rings. The number of benzene rings is 2. The van der Waals surface area contributed by atoms with Gasteiger partial charge < -0.3 is 4.98 Å². The zero-order chi connectivity index (χ0) is 18.2. The SMILES string of the molecule is C=CC(c1ccc(Cl)cc1)S(=O)(=O)c1c(C=O)[nH]c2ccc(Cl)cc12. The molecule has 0 amide bonds. The van der Waals surface area contributed by atoms with Crippen molar-refractivity contribution in [1.82, 2.24) is 4.98 Å². The van der Waals surface area contributed by atoms with Crippen LogP contribution >= 0.6 is 23.2 Å². The Morgan fingerprint density at radius 3 is 2.28 bits per heavy atom. The highest BCUT2D eigenvalue weighted by atomic mass is 35.5. The zero-order valence-corrected chi connectivity index (χ0v) is 15.2. The van der Waals surface area contributed by atoms with E-state index in [1.54, 1.807) is 36.4 Å². The average molecular weight is 394 g/mol. The molecule has 0 bridgehead atoms. The lowest BCUT2D eigenvalue weighted by molar-refractivity contribution is 0.111. The van der Waals surface area contributed by atoms with E-state index in [1.807, 2.05) is 0 Å². The Morgan fingerprint density at radius 1 is 1.04 bits per heavy atom. The number of nitrogens with one attached hydrogen (secondary N) is 1. The summed E-state index contributed by atoms with van der Waals surface area (Å²) >= 11 is 11.9. The van der Waals surface area contributed by atoms with Crippen LogP contribution in [0.5, 0.6) is 0 Å². The van der Waals surface area contributed by atoms with E-state index >= 15 is 0 Å². The molecule has 0 radical (unpaired) electrons. The summed E-state index contributed by atoms with van der Waals surface area (Å²) in [5, 5.41) is 0.218. The first-order chi connectivity index (χ1) is 11.9. The van der Waals surface area contributed by atoms with Gasteiger partial charge in [-0.25, -0.2) is 8.42 Å². The lowest BCUT2D eigenvalue weighted by atomic mass is 10.1. The van der Waals surface area contributed by atoms with Crippen LogP contribution in [0.4, 0.5) is 0 Å². The second-order valence-corrected chi connectivity index (χ2v) is 8.31. The van der Waals surface area contributed by atoms with Crippen molar-refractivity contribution in [3.63, 3.8) is 0 Å². The van der Waals surface area contributed by atoms with Gasteiger partial charge in [-0.1, -0.05) is 41.4 Å². The van der Waals surface area contributed by atoms with Crippen molar-refractivity contribution < 1.29 is 13.2 Å². The van der Waals surface area contributed by atoms with E-state index in [9.17, 15) is 13.2 Å². The van der Waals surface area contributed by atoms with Crippen molar-refractivity contribution in [1.29, 1.82) is 0 Å². The number of aldehydes is 1. The van der Waals surface area contributed by atoms with E-state index in [0.29, 0.717) is 32.8 Å². The Balaban J connectivity index is 2.27. The summed E-state index contributed by atoms with van der Waals surface area (Å²) in [7, 11) is -3.94. The van der Waals surface area contributed by atoms with Crippen LogP contribution in [0.1, 0.15) is 21.3 Å². The van der Waals surface area contributed by atoms with E-state index < -0.39 is 15.1 Å². The van der Waals surface area contributed by atoms with Crippen LogP contribution in [-0.4, -0.2) is 19.7 Å². The van der Waals surface area contributed by atoms with E-state index in [0.717, 1.165) is 0 Å². The van der Waals surface area contributed by atoms with Gasteiger partial charge in [0.1, 0.15) is 10.1 Å². The van der Waals surface area contributed by atoms with Crippen LogP contribution in [0, 0.1) is 0 Å². The molecule has 1 N–H and O–H groups in total. The van der Waals surface area contributed by atoms with Crippen molar-refractivity contribution >= 4 is 50.2 Å². The summed E-state index contributed by atoms with van der Waals surface area (Å²) < 4.78 is 26.6. The monoisotopic (exact) mass is 393 g/mol. The number of hydrogen-bond donors (Lipinski definition) is 1. The van der Waals surface area contributed by atoms with Gasteiger partial charge in [0.2, 0.25) is 0 Å². The second-order valence-electron chi connectivity index (χ2n) is 5.43. The Morgan fingerprint density at radius 2 is 1.68 bits per heavy atom. The molecule has 25 heavy (non-hydrogen) atoms. The molecular formula is C18H13Cl2NO3S. The normalized spacial score (nSPS) is 12.9. The summed E-state index contributed by atoms with van der Waals surface area (Å²) in [5.41, 5.74) is 1.01. The van der Waals surface area contributed by atoms with Crippen LogP contribution in [0.15, 0.2) is 60.0 Å². The van der Waals surface area contributed by atoms with Crippen molar-refractivity contribution in [3.05, 3.63) is 76.4 Å². The van der Waals surface area contributed by atoms with Gasteiger partial charge in [-0.2, -0.15) is 0 Å². The number of carbonyl (C=O) groups is 1. The molecule has 128 valence electrons. The summed E-state index contributed by atoms with van der Waals surface area (Å²) in [6.07, 6.45) is 1.82. The Bertz CT molecular complexity index is 1070. The third-order valence-electron chi connectivity index (χ3n) is 3.89. The molecule has 1 aromatic heterocycles. The Hall–Kier alpha value is -2.08.